The Balaban J connectivity index is 1.99. The Morgan fingerprint density at radius 3 is 2.69 bits per heavy atom. The van der Waals surface area contributed by atoms with Crippen LogP contribution in [0.1, 0.15) is 44.9 Å². The molecular weight excluding hydrogens is 742 g/mol. The highest BCUT2D eigenvalue weighted by Crippen LogP contribution is 2.36. The highest BCUT2D eigenvalue weighted by atomic mass is 127. The standard InChI is InChI=1S/C29H28I2N2O5S/c1-6-12-37-26-18(13-19(30)15-21(26)31)14-23-27(34)33-25(20-10-8-9-11-22(20)38-16(3)4)24(28(35)36-7-2)17(5)32-29(33)39-23/h6,8-11,13-16,25H,1,7,12H2,2-5H3/b23-14-/t25-/m1/s1. The van der Waals surface area contributed by atoms with Crippen molar-refractivity contribution < 1.29 is 19.0 Å². The minimum atomic E-state index is -0.759. The number of para-hydroxylation sites is 1. The number of fused-ring (bicyclic) bond motifs is 1. The van der Waals surface area contributed by atoms with E-state index in [0.29, 0.717) is 44.3 Å². The zero-order chi connectivity index (χ0) is 28.3. The van der Waals surface area contributed by atoms with E-state index in [-0.39, 0.29) is 18.3 Å². The van der Waals surface area contributed by atoms with E-state index >= 15 is 0 Å². The molecule has 0 fully saturated rings. The first-order chi connectivity index (χ1) is 18.7. The van der Waals surface area contributed by atoms with Gasteiger partial charge in [0.1, 0.15) is 24.1 Å². The molecule has 204 valence electrons. The van der Waals surface area contributed by atoms with Crippen LogP contribution in [0.2, 0.25) is 0 Å². The number of carbonyl (C=O) groups is 1. The Labute approximate surface area is 258 Å². The van der Waals surface area contributed by atoms with E-state index < -0.39 is 12.0 Å². The third-order valence-electron chi connectivity index (χ3n) is 5.76. The van der Waals surface area contributed by atoms with Crippen LogP contribution < -0.4 is 24.4 Å². The third kappa shape index (κ3) is 6.32. The minimum Gasteiger partial charge on any atom is -0.491 e. The Kier molecular flexibility index (Phi) is 9.70. The molecule has 4 rings (SSSR count). The molecule has 0 radical (unpaired) electrons. The first-order valence-corrected chi connectivity index (χ1v) is 15.3. The lowest BCUT2D eigenvalue weighted by atomic mass is 9.95. The van der Waals surface area contributed by atoms with Crippen molar-refractivity contribution in [2.75, 3.05) is 13.2 Å². The van der Waals surface area contributed by atoms with Crippen LogP contribution in [-0.2, 0) is 9.53 Å². The summed E-state index contributed by atoms with van der Waals surface area (Å²) < 4.78 is 21.5. The van der Waals surface area contributed by atoms with Gasteiger partial charge in [-0.3, -0.25) is 9.36 Å². The van der Waals surface area contributed by atoms with Gasteiger partial charge in [0.05, 0.1) is 32.1 Å². The van der Waals surface area contributed by atoms with Gasteiger partial charge in [-0.1, -0.05) is 42.2 Å². The minimum absolute atomic E-state index is 0.102. The summed E-state index contributed by atoms with van der Waals surface area (Å²) in [4.78, 5) is 32.5. The highest BCUT2D eigenvalue weighted by molar-refractivity contribution is 14.1. The second kappa shape index (κ2) is 12.8. The average molecular weight is 770 g/mol. The summed E-state index contributed by atoms with van der Waals surface area (Å²) in [5, 5.41) is 0. The maximum absolute atomic E-state index is 14.1. The summed E-state index contributed by atoms with van der Waals surface area (Å²) in [5.41, 5.74) is 2.02. The summed E-state index contributed by atoms with van der Waals surface area (Å²) in [6.07, 6.45) is 3.40. The molecule has 1 aliphatic heterocycles. The van der Waals surface area contributed by atoms with Gasteiger partial charge in [0.2, 0.25) is 0 Å². The van der Waals surface area contributed by atoms with Crippen molar-refractivity contribution in [2.24, 2.45) is 4.99 Å². The second-order valence-electron chi connectivity index (χ2n) is 8.91. The second-order valence-corrected chi connectivity index (χ2v) is 12.3. The fourth-order valence-corrected chi connectivity index (χ4v) is 7.36. The highest BCUT2D eigenvalue weighted by Gasteiger charge is 2.35. The molecular formula is C29H28I2N2O5S. The van der Waals surface area contributed by atoms with E-state index in [1.165, 1.54) is 11.3 Å². The number of allylic oxidation sites excluding steroid dienone is 1. The molecule has 39 heavy (non-hydrogen) atoms. The Morgan fingerprint density at radius 2 is 2.00 bits per heavy atom. The van der Waals surface area contributed by atoms with E-state index in [2.05, 4.69) is 56.8 Å². The molecule has 7 nitrogen and oxygen atoms in total. The number of hydrogen-bond donors (Lipinski definition) is 0. The Bertz CT molecular complexity index is 1640. The van der Waals surface area contributed by atoms with Crippen LogP contribution in [0.25, 0.3) is 6.08 Å². The van der Waals surface area contributed by atoms with Crippen LogP contribution in [0.3, 0.4) is 0 Å². The SMILES string of the molecule is C=CCOc1c(I)cc(I)cc1/C=c1\sc2n(c1=O)[C@H](c1ccccc1OC(C)C)C(C(=O)OCC)=C(C)N=2. The molecule has 0 aliphatic carbocycles. The van der Waals surface area contributed by atoms with Crippen molar-refractivity contribution in [1.82, 2.24) is 4.57 Å². The number of aromatic nitrogens is 1. The molecule has 2 heterocycles. The fraction of sp³-hybridized carbons (Fsp3) is 0.276. The van der Waals surface area contributed by atoms with Crippen molar-refractivity contribution in [1.29, 1.82) is 0 Å². The summed E-state index contributed by atoms with van der Waals surface area (Å²) >= 11 is 5.75. The van der Waals surface area contributed by atoms with E-state index in [1.807, 2.05) is 56.3 Å². The van der Waals surface area contributed by atoms with Gasteiger partial charge in [-0.05, 0) is 97.2 Å². The van der Waals surface area contributed by atoms with Crippen molar-refractivity contribution >= 4 is 68.6 Å². The van der Waals surface area contributed by atoms with Crippen molar-refractivity contribution in [3.05, 3.63) is 98.3 Å². The number of hydrogen-bond acceptors (Lipinski definition) is 7. The zero-order valence-electron chi connectivity index (χ0n) is 22.0. The quantitative estimate of drug-likeness (QED) is 0.167. The van der Waals surface area contributed by atoms with Gasteiger partial charge >= 0.3 is 5.97 Å². The van der Waals surface area contributed by atoms with Crippen LogP contribution in [0, 0.1) is 7.14 Å². The van der Waals surface area contributed by atoms with Crippen LogP contribution in [0.15, 0.2) is 70.1 Å². The van der Waals surface area contributed by atoms with Crippen molar-refractivity contribution in [3.63, 3.8) is 0 Å². The lowest BCUT2D eigenvalue weighted by Crippen LogP contribution is -2.40. The fourth-order valence-electron chi connectivity index (χ4n) is 4.28. The molecule has 1 aliphatic rings. The first-order valence-electron chi connectivity index (χ1n) is 12.3. The maximum atomic E-state index is 14.1. The molecule has 0 amide bonds. The number of esters is 1. The Hall–Kier alpha value is -2.45. The Morgan fingerprint density at radius 1 is 1.26 bits per heavy atom. The monoisotopic (exact) mass is 770 g/mol. The number of halogens is 2. The molecule has 2 aromatic carbocycles. The molecule has 1 aromatic heterocycles. The van der Waals surface area contributed by atoms with E-state index in [9.17, 15) is 9.59 Å². The topological polar surface area (TPSA) is 79.1 Å². The summed E-state index contributed by atoms with van der Waals surface area (Å²) in [7, 11) is 0. The molecule has 10 heteroatoms. The normalized spacial score (nSPS) is 15.2. The molecule has 3 aromatic rings. The predicted molar refractivity (Wildman–Crippen MR) is 170 cm³/mol. The molecule has 0 bridgehead atoms. The maximum Gasteiger partial charge on any atom is 0.338 e. The van der Waals surface area contributed by atoms with Gasteiger partial charge in [-0.25, -0.2) is 9.79 Å². The van der Waals surface area contributed by atoms with Gasteiger partial charge in [0, 0.05) is 14.7 Å². The summed E-state index contributed by atoms with van der Waals surface area (Å²) in [6, 6.07) is 10.7. The number of ether oxygens (including phenoxy) is 3. The predicted octanol–water partition coefficient (Wildman–Crippen LogP) is 5.36. The van der Waals surface area contributed by atoms with Crippen molar-refractivity contribution in [2.45, 2.75) is 39.8 Å². The van der Waals surface area contributed by atoms with Crippen LogP contribution in [0.5, 0.6) is 11.5 Å². The number of benzene rings is 2. The van der Waals surface area contributed by atoms with Gasteiger partial charge in [-0.2, -0.15) is 0 Å². The number of rotatable bonds is 9. The van der Waals surface area contributed by atoms with Gasteiger partial charge in [0.25, 0.3) is 5.56 Å². The van der Waals surface area contributed by atoms with Crippen LogP contribution in [-0.4, -0.2) is 29.9 Å². The first kappa shape index (κ1) is 29.5. The largest absolute Gasteiger partial charge is 0.491 e. The smallest absolute Gasteiger partial charge is 0.338 e. The van der Waals surface area contributed by atoms with Gasteiger partial charge in [0.15, 0.2) is 4.80 Å². The third-order valence-corrected chi connectivity index (χ3v) is 8.17. The van der Waals surface area contributed by atoms with Crippen LogP contribution >= 0.6 is 56.5 Å². The average Bonchev–Trinajstić information content (AvgIpc) is 3.17. The molecule has 0 unspecified atom stereocenters. The molecule has 0 saturated heterocycles. The summed E-state index contributed by atoms with van der Waals surface area (Å²) in [5.74, 6) is 0.762. The zero-order valence-corrected chi connectivity index (χ0v) is 27.1. The van der Waals surface area contributed by atoms with Crippen LogP contribution in [0.4, 0.5) is 0 Å². The molecule has 0 spiro atoms. The number of thiazole rings is 1. The van der Waals surface area contributed by atoms with Crippen molar-refractivity contribution in [3.8, 4) is 11.5 Å². The molecule has 1 atom stereocenters. The summed E-state index contributed by atoms with van der Waals surface area (Å²) in [6.45, 7) is 11.7. The number of carbonyl (C=O) groups excluding carboxylic acids is 1. The van der Waals surface area contributed by atoms with Gasteiger partial charge < -0.3 is 14.2 Å². The lowest BCUT2D eigenvalue weighted by Gasteiger charge is -2.26. The van der Waals surface area contributed by atoms with E-state index in [0.717, 1.165) is 12.7 Å². The molecule has 0 N–H and O–H groups in total. The lowest BCUT2D eigenvalue weighted by molar-refractivity contribution is -0.139. The number of nitrogens with zero attached hydrogens (tertiary/aromatic N) is 2. The van der Waals surface area contributed by atoms with Gasteiger partial charge in [-0.15, -0.1) is 0 Å². The van der Waals surface area contributed by atoms with E-state index in [4.69, 9.17) is 14.2 Å². The van der Waals surface area contributed by atoms with E-state index in [1.54, 1.807) is 24.5 Å². The molecule has 0 saturated carbocycles.